The van der Waals surface area contributed by atoms with E-state index in [1.54, 1.807) is 12.3 Å². The number of hydrogen-bond acceptors (Lipinski definition) is 10. The van der Waals surface area contributed by atoms with E-state index in [1.165, 1.54) is 6.07 Å². The van der Waals surface area contributed by atoms with Crippen LogP contribution >= 0.6 is 0 Å². The average molecular weight is 626 g/mol. The zero-order valence-electron chi connectivity index (χ0n) is 25.3. The first-order valence-electron chi connectivity index (χ1n) is 15.6. The lowest BCUT2D eigenvalue weighted by molar-refractivity contribution is 0.107. The maximum absolute atomic E-state index is 16.9. The number of alkyl halides is 1. The summed E-state index contributed by atoms with van der Waals surface area (Å²) in [5.41, 5.74) is 6.97. The molecule has 8 rings (SSSR count). The molecule has 0 aliphatic carbocycles. The van der Waals surface area contributed by atoms with E-state index in [-0.39, 0.29) is 48.1 Å². The molecule has 0 bridgehead atoms. The third kappa shape index (κ3) is 4.61. The maximum Gasteiger partial charge on any atom is 0.319 e. The van der Waals surface area contributed by atoms with E-state index in [2.05, 4.69) is 19.9 Å². The summed E-state index contributed by atoms with van der Waals surface area (Å²) in [6.07, 6.45) is 2.85. The minimum atomic E-state index is -0.921. The van der Waals surface area contributed by atoms with Crippen molar-refractivity contribution in [3.8, 4) is 28.9 Å². The van der Waals surface area contributed by atoms with Crippen LogP contribution in [0.4, 0.5) is 20.4 Å². The van der Waals surface area contributed by atoms with E-state index in [0.717, 1.165) is 30.3 Å². The van der Waals surface area contributed by atoms with E-state index < -0.39 is 17.5 Å². The van der Waals surface area contributed by atoms with Gasteiger partial charge in [0.15, 0.2) is 5.82 Å². The van der Waals surface area contributed by atoms with Gasteiger partial charge in [0, 0.05) is 30.3 Å². The Hall–Kier alpha value is -4.84. The molecule has 3 aliphatic rings. The molecular weight excluding hydrogens is 592 g/mol. The fourth-order valence-corrected chi connectivity index (χ4v) is 7.47. The Labute approximate surface area is 263 Å². The molecule has 0 radical (unpaired) electrons. The minimum absolute atomic E-state index is 0.0140. The van der Waals surface area contributed by atoms with Crippen molar-refractivity contribution in [2.24, 2.45) is 0 Å². The molecule has 3 atom stereocenters. The fourth-order valence-electron chi connectivity index (χ4n) is 7.47. The summed E-state index contributed by atoms with van der Waals surface area (Å²) in [7, 11) is 0. The highest BCUT2D eigenvalue weighted by molar-refractivity contribution is 6.02. The van der Waals surface area contributed by atoms with Gasteiger partial charge in [0.25, 0.3) is 0 Å². The van der Waals surface area contributed by atoms with Crippen LogP contribution in [-0.2, 0) is 0 Å². The number of nitrogens with zero attached hydrogens (tertiary/aromatic N) is 6. The Kier molecular flexibility index (Phi) is 6.78. The highest BCUT2D eigenvalue weighted by atomic mass is 19.1. The van der Waals surface area contributed by atoms with Gasteiger partial charge in [0.05, 0.1) is 18.1 Å². The molecule has 10 nitrogen and oxygen atoms in total. The number of pyridine rings is 2. The largest absolute Gasteiger partial charge is 0.508 e. The molecule has 3 N–H and O–H groups in total. The van der Waals surface area contributed by atoms with Gasteiger partial charge in [-0.05, 0) is 55.3 Å². The molecule has 2 saturated heterocycles. The highest BCUT2D eigenvalue weighted by Gasteiger charge is 2.49. The molecule has 0 spiro atoms. The lowest BCUT2D eigenvalue weighted by Gasteiger charge is -2.32. The van der Waals surface area contributed by atoms with Gasteiger partial charge in [-0.3, -0.25) is 4.90 Å². The molecule has 3 aromatic heterocycles. The summed E-state index contributed by atoms with van der Waals surface area (Å²) in [5, 5.41) is 12.3. The van der Waals surface area contributed by atoms with Crippen molar-refractivity contribution in [1.29, 1.82) is 0 Å². The first-order chi connectivity index (χ1) is 22.3. The van der Waals surface area contributed by atoms with Gasteiger partial charge in [-0.2, -0.15) is 9.97 Å². The number of hydrogen-bond donors (Lipinski definition) is 2. The van der Waals surface area contributed by atoms with Gasteiger partial charge >= 0.3 is 6.01 Å². The molecular formula is C34H33F2N7O3. The van der Waals surface area contributed by atoms with Crippen molar-refractivity contribution in [3.05, 3.63) is 66.1 Å². The van der Waals surface area contributed by atoms with E-state index in [9.17, 15) is 9.50 Å². The number of ether oxygens (including phenoxy) is 2. The summed E-state index contributed by atoms with van der Waals surface area (Å²) < 4.78 is 43.9. The van der Waals surface area contributed by atoms with E-state index in [0.29, 0.717) is 47.5 Å². The molecule has 236 valence electrons. The summed E-state index contributed by atoms with van der Waals surface area (Å²) in [6, 6.07) is 13.9. The molecule has 2 fully saturated rings. The van der Waals surface area contributed by atoms with Crippen LogP contribution in [0.3, 0.4) is 0 Å². The summed E-state index contributed by atoms with van der Waals surface area (Å²) >= 11 is 0. The first-order valence-corrected chi connectivity index (χ1v) is 15.6. The number of phenolic OH excluding ortho intramolecular Hbond substituents is 1. The summed E-state index contributed by atoms with van der Waals surface area (Å²) in [5.74, 6) is 0.210. The van der Waals surface area contributed by atoms with Crippen LogP contribution in [0.1, 0.15) is 37.8 Å². The Morgan fingerprint density at radius 1 is 1.15 bits per heavy atom. The normalized spacial score (nSPS) is 21.7. The maximum atomic E-state index is 16.9. The Morgan fingerprint density at radius 3 is 2.89 bits per heavy atom. The second-order valence-electron chi connectivity index (χ2n) is 12.4. The van der Waals surface area contributed by atoms with Crippen molar-refractivity contribution in [2.75, 3.05) is 43.5 Å². The second-order valence-corrected chi connectivity index (χ2v) is 12.4. The summed E-state index contributed by atoms with van der Waals surface area (Å²) in [6.45, 7) is 3.95. The van der Waals surface area contributed by atoms with Crippen LogP contribution in [0.25, 0.3) is 32.9 Å². The molecule has 46 heavy (non-hydrogen) atoms. The summed E-state index contributed by atoms with van der Waals surface area (Å²) in [4.78, 5) is 22.5. The predicted octanol–water partition coefficient (Wildman–Crippen LogP) is 5.58. The second kappa shape index (κ2) is 10.9. The Balaban J connectivity index is 1.31. The third-order valence-corrected chi connectivity index (χ3v) is 9.68. The van der Waals surface area contributed by atoms with E-state index >= 15 is 4.39 Å². The van der Waals surface area contributed by atoms with Crippen LogP contribution < -0.4 is 20.1 Å². The average Bonchev–Trinajstić information content (AvgIpc) is 3.51. The van der Waals surface area contributed by atoms with Gasteiger partial charge in [0.2, 0.25) is 5.88 Å². The molecule has 12 heteroatoms. The van der Waals surface area contributed by atoms with Crippen molar-refractivity contribution < 1.29 is 23.4 Å². The zero-order chi connectivity index (χ0) is 31.6. The van der Waals surface area contributed by atoms with Crippen LogP contribution in [0, 0.1) is 5.82 Å². The topological polar surface area (TPSA) is 123 Å². The number of phenols is 1. The quantitative estimate of drug-likeness (QED) is 0.247. The molecule has 2 aromatic carbocycles. The number of nitrogen functional groups attached to an aromatic ring is 1. The SMILES string of the molecule is C[C@H](c1cccnc1N)N1CCOc2nc(-c3cc(O)cc4ccccc34)c(F)c3nc(OC[C@@]45CCCN4C[C@H](F)C5)nc1c23. The fraction of sp³-hybridized carbons (Fsp3) is 0.353. The third-order valence-electron chi connectivity index (χ3n) is 9.68. The lowest BCUT2D eigenvalue weighted by Crippen LogP contribution is -2.43. The minimum Gasteiger partial charge on any atom is -0.508 e. The van der Waals surface area contributed by atoms with Crippen LogP contribution in [0.15, 0.2) is 54.7 Å². The van der Waals surface area contributed by atoms with Crippen LogP contribution in [0.2, 0.25) is 0 Å². The number of fused-ring (bicyclic) bond motifs is 2. The standard InChI is InChI=1S/C34H33F2N7O3/c1-19(23-8-4-10-38-30(23)37)43-12-13-45-32-26-29(27(36)28(39-32)25-15-22(44)14-20-6-2-3-7-24(20)25)40-33(41-31(26)43)46-18-34-9-5-11-42(34)17-21(35)16-34/h2-4,6-8,10,14-15,19,21,44H,5,9,11-13,16-18H2,1H3,(H2,37,38)/t19-,21-,34+/m1/s1. The smallest absolute Gasteiger partial charge is 0.319 e. The van der Waals surface area contributed by atoms with Crippen LogP contribution in [-0.4, -0.2) is 74.5 Å². The van der Waals surface area contributed by atoms with E-state index in [1.807, 2.05) is 48.2 Å². The number of anilines is 2. The predicted molar refractivity (Wildman–Crippen MR) is 170 cm³/mol. The molecule has 0 unspecified atom stereocenters. The van der Waals surface area contributed by atoms with Crippen molar-refractivity contribution in [3.63, 3.8) is 0 Å². The van der Waals surface area contributed by atoms with Crippen molar-refractivity contribution in [1.82, 2.24) is 24.8 Å². The van der Waals surface area contributed by atoms with Crippen LogP contribution in [0.5, 0.6) is 17.6 Å². The molecule has 0 saturated carbocycles. The van der Waals surface area contributed by atoms with Gasteiger partial charge in [0.1, 0.15) is 53.4 Å². The first kappa shape index (κ1) is 28.6. The van der Waals surface area contributed by atoms with Crippen molar-refractivity contribution >= 4 is 33.3 Å². The van der Waals surface area contributed by atoms with Crippen molar-refractivity contribution in [2.45, 2.75) is 43.9 Å². The molecule has 0 amide bonds. The van der Waals surface area contributed by atoms with Gasteiger partial charge < -0.3 is 25.2 Å². The van der Waals surface area contributed by atoms with Gasteiger partial charge in [-0.25, -0.2) is 18.7 Å². The van der Waals surface area contributed by atoms with Gasteiger partial charge in [-0.1, -0.05) is 30.3 Å². The number of aromatic nitrogens is 4. The molecule has 6 heterocycles. The zero-order valence-corrected chi connectivity index (χ0v) is 25.3. The number of aromatic hydroxyl groups is 1. The number of halogens is 2. The Morgan fingerprint density at radius 2 is 2.02 bits per heavy atom. The molecule has 3 aliphatic heterocycles. The number of benzene rings is 2. The Bertz CT molecular complexity index is 1990. The number of nitrogens with two attached hydrogens (primary N) is 1. The van der Waals surface area contributed by atoms with Gasteiger partial charge in [-0.15, -0.1) is 0 Å². The monoisotopic (exact) mass is 625 g/mol. The molecule has 5 aromatic rings. The highest BCUT2D eigenvalue weighted by Crippen LogP contribution is 2.44. The number of rotatable bonds is 6. The lowest BCUT2D eigenvalue weighted by atomic mass is 9.95. The van der Waals surface area contributed by atoms with E-state index in [4.69, 9.17) is 20.2 Å².